The van der Waals surface area contributed by atoms with Crippen LogP contribution >= 0.6 is 0 Å². The van der Waals surface area contributed by atoms with Crippen LogP contribution in [0, 0.1) is 28.6 Å². The Kier molecular flexibility index (Phi) is 6.95. The number of aliphatic hydroxyl groups is 1. The van der Waals surface area contributed by atoms with Gasteiger partial charge in [0.05, 0.1) is 12.4 Å². The van der Waals surface area contributed by atoms with Crippen LogP contribution in [0.15, 0.2) is 23.1 Å². The number of allylic oxidation sites excluding steroid dienone is 4. The highest BCUT2D eigenvalue weighted by Gasteiger charge is 2.69. The third kappa shape index (κ3) is 3.93. The Bertz CT molecular complexity index is 1010. The molecular weight excluding hydrogens is 458 g/mol. The van der Waals surface area contributed by atoms with Crippen molar-refractivity contribution in [2.45, 2.75) is 91.3 Å². The van der Waals surface area contributed by atoms with E-state index in [2.05, 4.69) is 38.9 Å². The maximum atomic E-state index is 14.0. The van der Waals surface area contributed by atoms with E-state index in [4.69, 9.17) is 9.47 Å². The summed E-state index contributed by atoms with van der Waals surface area (Å²) in [4.78, 5) is 41.1. The van der Waals surface area contributed by atoms with Crippen LogP contribution in [-0.2, 0) is 23.9 Å². The maximum Gasteiger partial charge on any atom is 0.303 e. The van der Waals surface area contributed by atoms with Crippen LogP contribution in [0.4, 0.5) is 0 Å². The second-order valence-corrected chi connectivity index (χ2v) is 12.2. The predicted molar refractivity (Wildman–Crippen MR) is 136 cm³/mol. The van der Waals surface area contributed by atoms with Gasteiger partial charge in [0, 0.05) is 56.3 Å². The summed E-state index contributed by atoms with van der Waals surface area (Å²) in [5.74, 6) is 0.000156. The summed E-state index contributed by atoms with van der Waals surface area (Å²) in [7, 11) is 4.11. The van der Waals surface area contributed by atoms with Crippen molar-refractivity contribution < 1.29 is 29.0 Å². The molecule has 36 heavy (non-hydrogen) atoms. The maximum absolute atomic E-state index is 14.0. The molecule has 0 radical (unpaired) electrons. The molecule has 0 amide bonds. The molecule has 1 N–H and O–H groups in total. The molecule has 0 bridgehead atoms. The number of carbonyl (C=O) groups excluding carboxylic acids is 3. The van der Waals surface area contributed by atoms with E-state index in [0.717, 1.165) is 31.4 Å². The van der Waals surface area contributed by atoms with Crippen LogP contribution in [-0.4, -0.2) is 59.9 Å². The van der Waals surface area contributed by atoms with Gasteiger partial charge in [0.1, 0.15) is 11.4 Å². The van der Waals surface area contributed by atoms with Crippen molar-refractivity contribution in [2.75, 3.05) is 20.7 Å². The third-order valence-electron chi connectivity index (χ3n) is 9.80. The Hall–Kier alpha value is -2.15. The second kappa shape index (κ2) is 9.30. The van der Waals surface area contributed by atoms with Gasteiger partial charge < -0.3 is 19.5 Å². The molecule has 4 aliphatic rings. The molecule has 0 spiro atoms. The number of esters is 1. The van der Waals surface area contributed by atoms with Crippen molar-refractivity contribution in [2.24, 2.45) is 28.6 Å². The van der Waals surface area contributed by atoms with Gasteiger partial charge in [-0.15, -0.1) is 0 Å². The standard InChI is InChI=1S/C29H43NO6/c1-8-13-35-19-9-11-27(4)22(14-19)23(30(6)7)15-20-21-10-12-29(34,26(33)17(2)36-18(3)31)28(21,5)16-24(32)25(20)27/h14,17,20-21,25,34H,8-13,15-16H2,1-7H3/t17?,20-,21-,25+,27-,28-,29-/m0/s1. The van der Waals surface area contributed by atoms with Crippen molar-refractivity contribution in [3.05, 3.63) is 23.1 Å². The Morgan fingerprint density at radius 2 is 1.94 bits per heavy atom. The SMILES string of the molecule is CCCOC1=CC2=C(N(C)C)C[C@@H]3[C@H](C(=O)C[C@@]4(C)[C@H]3CC[C@]4(O)C(=O)C(C)OC(C)=O)[C@@]2(C)CC1. The average molecular weight is 502 g/mol. The molecule has 0 saturated heterocycles. The summed E-state index contributed by atoms with van der Waals surface area (Å²) in [6.45, 7) is 9.70. The molecule has 200 valence electrons. The average Bonchev–Trinajstić information content (AvgIpc) is 3.06. The minimum Gasteiger partial charge on any atom is -0.498 e. The molecular formula is C29H43NO6. The molecule has 7 atom stereocenters. The summed E-state index contributed by atoms with van der Waals surface area (Å²) in [6.07, 6.45) is 5.60. The Morgan fingerprint density at radius 1 is 1.25 bits per heavy atom. The second-order valence-electron chi connectivity index (χ2n) is 12.2. The number of hydrogen-bond donors (Lipinski definition) is 1. The molecule has 7 heteroatoms. The van der Waals surface area contributed by atoms with E-state index in [1.165, 1.54) is 25.1 Å². The van der Waals surface area contributed by atoms with Crippen LogP contribution < -0.4 is 0 Å². The molecule has 2 saturated carbocycles. The van der Waals surface area contributed by atoms with E-state index in [0.29, 0.717) is 13.0 Å². The number of fused-ring (bicyclic) bond motifs is 5. The van der Waals surface area contributed by atoms with Crippen molar-refractivity contribution in [1.29, 1.82) is 0 Å². The lowest BCUT2D eigenvalue weighted by molar-refractivity contribution is -0.177. The molecule has 0 aromatic carbocycles. The fourth-order valence-corrected chi connectivity index (χ4v) is 8.07. The van der Waals surface area contributed by atoms with Gasteiger partial charge in [-0.3, -0.25) is 14.4 Å². The first-order valence-electron chi connectivity index (χ1n) is 13.5. The monoisotopic (exact) mass is 501 g/mol. The van der Waals surface area contributed by atoms with Gasteiger partial charge in [-0.25, -0.2) is 0 Å². The molecule has 4 aliphatic carbocycles. The highest BCUT2D eigenvalue weighted by molar-refractivity contribution is 5.95. The van der Waals surface area contributed by atoms with Crippen LogP contribution in [0.25, 0.3) is 0 Å². The van der Waals surface area contributed by atoms with Crippen molar-refractivity contribution in [3.63, 3.8) is 0 Å². The number of Topliss-reactive ketones (excluding diaryl/α,β-unsaturated/α-hetero) is 2. The van der Waals surface area contributed by atoms with E-state index in [9.17, 15) is 19.5 Å². The Balaban J connectivity index is 1.75. The lowest BCUT2D eigenvalue weighted by Crippen LogP contribution is -2.62. The third-order valence-corrected chi connectivity index (χ3v) is 9.80. The quantitative estimate of drug-likeness (QED) is 0.523. The molecule has 0 aromatic rings. The van der Waals surface area contributed by atoms with E-state index in [1.807, 2.05) is 6.92 Å². The molecule has 1 unspecified atom stereocenters. The molecule has 0 aromatic heterocycles. The Morgan fingerprint density at radius 3 is 2.56 bits per heavy atom. The minimum absolute atomic E-state index is 0.0220. The van der Waals surface area contributed by atoms with Crippen LogP contribution in [0.5, 0.6) is 0 Å². The zero-order valence-corrected chi connectivity index (χ0v) is 23.0. The summed E-state index contributed by atoms with van der Waals surface area (Å²) in [6, 6.07) is 0. The van der Waals surface area contributed by atoms with E-state index < -0.39 is 28.9 Å². The predicted octanol–water partition coefficient (Wildman–Crippen LogP) is 4.19. The van der Waals surface area contributed by atoms with Crippen molar-refractivity contribution >= 4 is 17.5 Å². The minimum atomic E-state index is -1.69. The normalized spacial score (nSPS) is 38.4. The van der Waals surface area contributed by atoms with Crippen molar-refractivity contribution in [1.82, 2.24) is 4.90 Å². The van der Waals surface area contributed by atoms with Gasteiger partial charge in [-0.2, -0.15) is 0 Å². The highest BCUT2D eigenvalue weighted by atomic mass is 16.5. The first-order valence-corrected chi connectivity index (χ1v) is 13.5. The Labute approximate surface area is 215 Å². The number of carbonyl (C=O) groups is 3. The van der Waals surface area contributed by atoms with Gasteiger partial charge in [0.25, 0.3) is 0 Å². The zero-order chi connectivity index (χ0) is 26.6. The molecule has 7 nitrogen and oxygen atoms in total. The highest BCUT2D eigenvalue weighted by Crippen LogP contribution is 2.67. The summed E-state index contributed by atoms with van der Waals surface area (Å²) >= 11 is 0. The molecule has 2 fully saturated rings. The summed E-state index contributed by atoms with van der Waals surface area (Å²) in [5, 5.41) is 11.9. The van der Waals surface area contributed by atoms with Gasteiger partial charge in [0.2, 0.25) is 5.78 Å². The molecule has 0 heterocycles. The van der Waals surface area contributed by atoms with Gasteiger partial charge >= 0.3 is 5.97 Å². The first kappa shape index (κ1) is 26.9. The molecule has 0 aliphatic heterocycles. The van der Waals surface area contributed by atoms with E-state index >= 15 is 0 Å². The smallest absolute Gasteiger partial charge is 0.303 e. The van der Waals surface area contributed by atoms with E-state index in [-0.39, 0.29) is 41.8 Å². The van der Waals surface area contributed by atoms with Gasteiger partial charge in [0.15, 0.2) is 6.10 Å². The lowest BCUT2D eigenvalue weighted by atomic mass is 9.46. The summed E-state index contributed by atoms with van der Waals surface area (Å²) in [5.41, 5.74) is -0.471. The van der Waals surface area contributed by atoms with Crippen molar-refractivity contribution in [3.8, 4) is 0 Å². The zero-order valence-electron chi connectivity index (χ0n) is 23.0. The summed E-state index contributed by atoms with van der Waals surface area (Å²) < 4.78 is 11.2. The van der Waals surface area contributed by atoms with Gasteiger partial charge in [-0.1, -0.05) is 20.8 Å². The largest absolute Gasteiger partial charge is 0.498 e. The van der Waals surface area contributed by atoms with Crippen LogP contribution in [0.2, 0.25) is 0 Å². The lowest BCUT2D eigenvalue weighted by Gasteiger charge is -2.58. The number of hydrogen-bond acceptors (Lipinski definition) is 7. The number of nitrogens with zero attached hydrogens (tertiary/aromatic N) is 1. The number of ether oxygens (including phenoxy) is 2. The van der Waals surface area contributed by atoms with Gasteiger partial charge in [-0.05, 0) is 62.5 Å². The van der Waals surface area contributed by atoms with Crippen LogP contribution in [0.1, 0.15) is 79.6 Å². The fourth-order valence-electron chi connectivity index (χ4n) is 8.07. The fraction of sp³-hybridized carbons (Fsp3) is 0.759. The van der Waals surface area contributed by atoms with Crippen LogP contribution in [0.3, 0.4) is 0 Å². The molecule has 4 rings (SSSR count). The topological polar surface area (TPSA) is 93.1 Å². The number of ketones is 2. The van der Waals surface area contributed by atoms with E-state index in [1.54, 1.807) is 0 Å². The first-order chi connectivity index (χ1) is 16.8. The number of rotatable bonds is 7.